The lowest BCUT2D eigenvalue weighted by atomic mass is 10.1. The zero-order valence-electron chi connectivity index (χ0n) is 17.1. The van der Waals surface area contributed by atoms with Crippen LogP contribution in [0.1, 0.15) is 56.1 Å². The van der Waals surface area contributed by atoms with Gasteiger partial charge in [-0.25, -0.2) is 9.97 Å². The average Bonchev–Trinajstić information content (AvgIpc) is 3.34. The fourth-order valence-electron chi connectivity index (χ4n) is 3.53. The van der Waals surface area contributed by atoms with Gasteiger partial charge in [-0.15, -0.1) is 11.3 Å². The number of furan rings is 1. The lowest BCUT2D eigenvalue weighted by Crippen LogP contribution is -2.12. The molecule has 8 heteroatoms. The van der Waals surface area contributed by atoms with Crippen LogP contribution in [0.5, 0.6) is 0 Å². The largest absolute Gasteiger partial charge is 0.459 e. The second-order valence-corrected chi connectivity index (χ2v) is 8.64. The number of hydrogen-bond acceptors (Lipinski definition) is 6. The quantitative estimate of drug-likeness (QED) is 0.447. The number of nitrogens with one attached hydrogen (secondary N) is 2. The van der Waals surface area contributed by atoms with E-state index in [2.05, 4.69) is 15.6 Å². The fraction of sp³-hybridized carbons (Fsp3) is 0.217. The Morgan fingerprint density at radius 2 is 1.68 bits per heavy atom. The summed E-state index contributed by atoms with van der Waals surface area (Å²) in [6, 6.07) is 10.2. The highest BCUT2D eigenvalue weighted by Crippen LogP contribution is 2.40. The van der Waals surface area contributed by atoms with Gasteiger partial charge < -0.3 is 15.1 Å². The number of carbonyl (C=O) groups is 2. The van der Waals surface area contributed by atoms with Crippen molar-refractivity contribution in [2.24, 2.45) is 0 Å². The molecule has 2 N–H and O–H groups in total. The molecule has 31 heavy (non-hydrogen) atoms. The first-order valence-electron chi connectivity index (χ1n) is 10.0. The first-order chi connectivity index (χ1) is 15.0. The Labute approximate surface area is 182 Å². The van der Waals surface area contributed by atoms with E-state index in [-0.39, 0.29) is 17.6 Å². The highest BCUT2D eigenvalue weighted by atomic mass is 32.1. The monoisotopic (exact) mass is 432 g/mol. The Bertz CT molecular complexity index is 1290. The Morgan fingerprint density at radius 3 is 2.29 bits per heavy atom. The highest BCUT2D eigenvalue weighted by molar-refractivity contribution is 7.20. The van der Waals surface area contributed by atoms with Crippen LogP contribution in [-0.2, 0) is 0 Å². The molecule has 1 fully saturated rings. The van der Waals surface area contributed by atoms with Gasteiger partial charge in [0, 0.05) is 22.7 Å². The predicted molar refractivity (Wildman–Crippen MR) is 120 cm³/mol. The number of fused-ring (bicyclic) bond motifs is 1. The summed E-state index contributed by atoms with van der Waals surface area (Å²) in [5.74, 6) is 1.09. The lowest BCUT2D eigenvalue weighted by Gasteiger charge is -2.07. The van der Waals surface area contributed by atoms with Gasteiger partial charge in [0.2, 0.25) is 0 Å². The van der Waals surface area contributed by atoms with Crippen molar-refractivity contribution in [3.8, 4) is 0 Å². The zero-order valence-corrected chi connectivity index (χ0v) is 17.9. The van der Waals surface area contributed by atoms with Crippen LogP contribution in [0.25, 0.3) is 10.2 Å². The predicted octanol–water partition coefficient (Wildman–Crippen LogP) is 5.28. The topological polar surface area (TPSA) is 97.1 Å². The highest BCUT2D eigenvalue weighted by Gasteiger charge is 2.28. The van der Waals surface area contributed by atoms with Crippen LogP contribution in [0.15, 0.2) is 47.1 Å². The number of nitrogens with zero attached hydrogens (tertiary/aromatic N) is 2. The number of hydrogen-bond donors (Lipinski definition) is 2. The Kier molecular flexibility index (Phi) is 4.78. The maximum atomic E-state index is 12.9. The van der Waals surface area contributed by atoms with Crippen molar-refractivity contribution in [1.82, 2.24) is 9.97 Å². The third-order valence-electron chi connectivity index (χ3n) is 5.28. The van der Waals surface area contributed by atoms with Gasteiger partial charge in [-0.2, -0.15) is 0 Å². The molecular weight excluding hydrogens is 412 g/mol. The first kappa shape index (κ1) is 19.4. The fourth-order valence-corrected chi connectivity index (χ4v) is 4.66. The molecule has 0 saturated heterocycles. The number of anilines is 2. The van der Waals surface area contributed by atoms with Crippen LogP contribution >= 0.6 is 11.3 Å². The number of aromatic nitrogens is 2. The SMILES string of the molecule is Cc1nc(C2CC2)nc2sc(C(=O)Nc3ccc(NC(=O)c4ccco4)cc3)c(C)c12. The van der Waals surface area contributed by atoms with Gasteiger partial charge in [-0.3, -0.25) is 9.59 Å². The van der Waals surface area contributed by atoms with E-state index in [9.17, 15) is 9.59 Å². The number of amides is 2. The summed E-state index contributed by atoms with van der Waals surface area (Å²) in [4.78, 5) is 35.9. The standard InChI is InChI=1S/C23H20N4O3S/c1-12-18-13(2)24-20(14-5-6-14)27-23(18)31-19(12)22(29)26-16-9-7-15(8-10-16)25-21(28)17-4-3-11-30-17/h3-4,7-11,14H,5-6H2,1-2H3,(H,25,28)(H,26,29). The second-order valence-electron chi connectivity index (χ2n) is 7.64. The van der Waals surface area contributed by atoms with Crippen molar-refractivity contribution >= 4 is 44.7 Å². The minimum absolute atomic E-state index is 0.180. The molecule has 0 unspecified atom stereocenters. The third-order valence-corrected chi connectivity index (χ3v) is 6.47. The van der Waals surface area contributed by atoms with Gasteiger partial charge in [0.25, 0.3) is 11.8 Å². The number of thiophene rings is 1. The van der Waals surface area contributed by atoms with Gasteiger partial charge in [0.05, 0.1) is 16.8 Å². The molecule has 4 aromatic rings. The summed E-state index contributed by atoms with van der Waals surface area (Å²) < 4.78 is 5.08. The van der Waals surface area contributed by atoms with Gasteiger partial charge in [-0.05, 0) is 68.7 Å². The van der Waals surface area contributed by atoms with E-state index in [0.717, 1.165) is 40.1 Å². The van der Waals surface area contributed by atoms with Crippen LogP contribution in [0.4, 0.5) is 11.4 Å². The Hall–Kier alpha value is -3.52. The minimum atomic E-state index is -0.329. The smallest absolute Gasteiger partial charge is 0.291 e. The van der Waals surface area contributed by atoms with Crippen molar-refractivity contribution in [2.75, 3.05) is 10.6 Å². The molecule has 5 rings (SSSR count). The van der Waals surface area contributed by atoms with E-state index < -0.39 is 0 Å². The molecule has 0 radical (unpaired) electrons. The summed E-state index contributed by atoms with van der Waals surface area (Å²) >= 11 is 1.40. The summed E-state index contributed by atoms with van der Waals surface area (Å²) in [5.41, 5.74) is 3.08. The van der Waals surface area contributed by atoms with E-state index in [1.54, 1.807) is 36.4 Å². The van der Waals surface area contributed by atoms with E-state index >= 15 is 0 Å². The zero-order chi connectivity index (χ0) is 21.5. The number of benzene rings is 1. The van der Waals surface area contributed by atoms with Crippen LogP contribution in [0.2, 0.25) is 0 Å². The molecule has 1 aromatic carbocycles. The molecule has 0 spiro atoms. The molecule has 1 aliphatic rings. The molecule has 7 nitrogen and oxygen atoms in total. The van der Waals surface area contributed by atoms with E-state index in [1.807, 2.05) is 13.8 Å². The van der Waals surface area contributed by atoms with Gasteiger partial charge in [0.1, 0.15) is 10.7 Å². The number of aryl methyl sites for hydroxylation is 2. The van der Waals surface area contributed by atoms with Gasteiger partial charge in [0.15, 0.2) is 5.76 Å². The number of rotatable bonds is 5. The molecule has 1 saturated carbocycles. The van der Waals surface area contributed by atoms with E-state index in [0.29, 0.717) is 22.2 Å². The van der Waals surface area contributed by atoms with E-state index in [1.165, 1.54) is 17.6 Å². The van der Waals surface area contributed by atoms with Crippen LogP contribution in [0.3, 0.4) is 0 Å². The molecule has 2 amide bonds. The molecule has 156 valence electrons. The van der Waals surface area contributed by atoms with Crippen molar-refractivity contribution in [2.45, 2.75) is 32.6 Å². The maximum Gasteiger partial charge on any atom is 0.291 e. The molecule has 3 aromatic heterocycles. The van der Waals surface area contributed by atoms with Crippen LogP contribution < -0.4 is 10.6 Å². The maximum absolute atomic E-state index is 12.9. The molecular formula is C23H20N4O3S. The summed E-state index contributed by atoms with van der Waals surface area (Å²) in [7, 11) is 0. The van der Waals surface area contributed by atoms with Crippen LogP contribution in [-0.4, -0.2) is 21.8 Å². The lowest BCUT2D eigenvalue weighted by molar-refractivity contribution is 0.0994. The molecule has 1 aliphatic carbocycles. The van der Waals surface area contributed by atoms with E-state index in [4.69, 9.17) is 9.40 Å². The van der Waals surface area contributed by atoms with Crippen molar-refractivity contribution in [1.29, 1.82) is 0 Å². The summed E-state index contributed by atoms with van der Waals surface area (Å²) in [6.45, 7) is 3.92. The second kappa shape index (κ2) is 7.63. The summed E-state index contributed by atoms with van der Waals surface area (Å²) in [6.07, 6.45) is 3.73. The minimum Gasteiger partial charge on any atom is -0.459 e. The van der Waals surface area contributed by atoms with Crippen LogP contribution in [0, 0.1) is 13.8 Å². The molecule has 0 aliphatic heterocycles. The van der Waals surface area contributed by atoms with Gasteiger partial charge >= 0.3 is 0 Å². The summed E-state index contributed by atoms with van der Waals surface area (Å²) in [5, 5.41) is 6.65. The Balaban J connectivity index is 1.33. The third kappa shape index (κ3) is 3.82. The van der Waals surface area contributed by atoms with Crippen molar-refractivity contribution in [3.63, 3.8) is 0 Å². The number of carbonyl (C=O) groups excluding carboxylic acids is 2. The molecule has 3 heterocycles. The molecule has 0 bridgehead atoms. The molecule has 0 atom stereocenters. The van der Waals surface area contributed by atoms with Crippen molar-refractivity contribution in [3.05, 3.63) is 70.4 Å². The van der Waals surface area contributed by atoms with Gasteiger partial charge in [-0.1, -0.05) is 0 Å². The van der Waals surface area contributed by atoms with Crippen molar-refractivity contribution < 1.29 is 14.0 Å². The Morgan fingerprint density at radius 1 is 1.00 bits per heavy atom. The normalized spacial score (nSPS) is 13.4. The average molecular weight is 433 g/mol. The first-order valence-corrected chi connectivity index (χ1v) is 10.8.